The zero-order valence-corrected chi connectivity index (χ0v) is 59.7. The number of nitriles is 2. The first-order chi connectivity index (χ1) is 54.5. The monoisotopic (exact) mass is 1400 g/mol. The number of hydrogen-bond acceptors (Lipinski definition) is 2. The van der Waals surface area contributed by atoms with Gasteiger partial charge in [-0.3, -0.25) is 0 Å². The van der Waals surface area contributed by atoms with Crippen LogP contribution in [-0.2, 0) is 0 Å². The zero-order chi connectivity index (χ0) is 72.9. The Morgan fingerprint density at radius 3 is 0.591 bits per heavy atom. The van der Waals surface area contributed by atoms with Gasteiger partial charge in [0.15, 0.2) is 0 Å². The molecule has 16 aromatic carbocycles. The molecule has 21 rings (SSSR count). The quantitative estimate of drug-likeness (QED) is 0.114. The summed E-state index contributed by atoms with van der Waals surface area (Å²) in [5.74, 6) is 0. The van der Waals surface area contributed by atoms with Gasteiger partial charge in [0.25, 0.3) is 0 Å². The second-order valence-corrected chi connectivity index (χ2v) is 28.5. The lowest BCUT2D eigenvalue weighted by Crippen LogP contribution is -2.16. The molecular weight excluding hydrogens is 1330 g/mol. The van der Waals surface area contributed by atoms with Gasteiger partial charge in [0.05, 0.1) is 66.9 Å². The van der Waals surface area contributed by atoms with Gasteiger partial charge >= 0.3 is 0 Å². The van der Waals surface area contributed by atoms with Gasteiger partial charge in [0, 0.05) is 43.1 Å². The van der Waals surface area contributed by atoms with Crippen molar-refractivity contribution in [1.82, 2.24) is 18.3 Å². The van der Waals surface area contributed by atoms with E-state index in [2.05, 4.69) is 412 Å². The highest BCUT2D eigenvalue weighted by molar-refractivity contribution is 6.18. The topological polar surface area (TPSA) is 67.3 Å². The molecule has 0 fully saturated rings. The van der Waals surface area contributed by atoms with Crippen molar-refractivity contribution in [3.8, 4) is 113 Å². The van der Waals surface area contributed by atoms with Crippen LogP contribution in [0.25, 0.3) is 193 Å². The molecule has 0 amide bonds. The van der Waals surface area contributed by atoms with E-state index in [1.165, 1.54) is 0 Å². The molecule has 0 radical (unpaired) electrons. The minimum Gasteiger partial charge on any atom is -0.306 e. The van der Waals surface area contributed by atoms with Crippen LogP contribution < -0.4 is 0 Å². The van der Waals surface area contributed by atoms with Gasteiger partial charge < -0.3 is 18.3 Å². The van der Waals surface area contributed by atoms with Crippen LogP contribution in [0.1, 0.15) is 23.1 Å². The summed E-state index contributed by atoms with van der Waals surface area (Å²) >= 11 is 0. The molecule has 1 aliphatic rings. The molecule has 0 spiro atoms. The molecule has 6 heteroatoms. The maximum atomic E-state index is 13.7. The Labute approximate surface area is 635 Å². The first kappa shape index (κ1) is 63.4. The molecule has 4 heterocycles. The van der Waals surface area contributed by atoms with Crippen molar-refractivity contribution in [3.05, 3.63) is 399 Å². The lowest BCUT2D eigenvalue weighted by molar-refractivity contribution is 1.02. The molecule has 1 aliphatic carbocycles. The predicted molar refractivity (Wildman–Crippen MR) is 457 cm³/mol. The van der Waals surface area contributed by atoms with Gasteiger partial charge in [-0.2, -0.15) is 10.5 Å². The Bertz CT molecular complexity index is 7070. The summed E-state index contributed by atoms with van der Waals surface area (Å²) in [6, 6.07) is 134. The molecule has 0 saturated carbocycles. The summed E-state index contributed by atoms with van der Waals surface area (Å²) in [5, 5.41) is 35.3. The highest BCUT2D eigenvalue weighted by atomic mass is 15.1. The van der Waals surface area contributed by atoms with E-state index in [0.717, 1.165) is 183 Å². The molecule has 20 aromatic rings. The van der Waals surface area contributed by atoms with Gasteiger partial charge in [-0.25, -0.2) is 0 Å². The van der Waals surface area contributed by atoms with Crippen LogP contribution in [0.3, 0.4) is 0 Å². The van der Waals surface area contributed by atoms with Crippen LogP contribution in [0.2, 0.25) is 0 Å². The third-order valence-electron chi connectivity index (χ3n) is 22.5. The van der Waals surface area contributed by atoms with E-state index in [0.29, 0.717) is 33.9 Å². The number of benzene rings is 16. The lowest BCUT2D eigenvalue weighted by Gasteiger charge is -2.27. The summed E-state index contributed by atoms with van der Waals surface area (Å²) < 4.78 is 9.29. The molecule has 0 N–H and O–H groups in total. The van der Waals surface area contributed by atoms with Crippen molar-refractivity contribution in [2.45, 2.75) is 6.42 Å². The van der Waals surface area contributed by atoms with Crippen LogP contribution in [0.15, 0.2) is 382 Å². The maximum Gasteiger partial charge on any atom is 0.104 e. The van der Waals surface area contributed by atoms with Gasteiger partial charge in [-0.05, 0) is 205 Å². The van der Waals surface area contributed by atoms with Crippen LogP contribution in [-0.4, -0.2) is 18.3 Å². The smallest absolute Gasteiger partial charge is 0.104 e. The van der Waals surface area contributed by atoms with E-state index < -0.39 is 0 Å². The predicted octanol–water partition coefficient (Wildman–Crippen LogP) is 27.0. The van der Waals surface area contributed by atoms with E-state index >= 15 is 0 Å². The van der Waals surface area contributed by atoms with E-state index in [1.54, 1.807) is 0 Å². The number of nitrogens with zero attached hydrogens (tertiary/aromatic N) is 6. The highest BCUT2D eigenvalue weighted by Gasteiger charge is 2.36. The van der Waals surface area contributed by atoms with Crippen LogP contribution in [0.5, 0.6) is 0 Å². The van der Waals surface area contributed by atoms with Gasteiger partial charge in [-0.15, -0.1) is 5.73 Å². The lowest BCUT2D eigenvalue weighted by atomic mass is 9.98. The van der Waals surface area contributed by atoms with Crippen molar-refractivity contribution in [2.24, 2.45) is 0 Å². The van der Waals surface area contributed by atoms with E-state index in [9.17, 15) is 10.5 Å². The molecule has 110 heavy (non-hydrogen) atoms. The molecule has 0 atom stereocenters. The Kier molecular flexibility index (Phi) is 15.0. The SMILES string of the molecule is N#Cc1c(-n2c3ccc(C4=CCC=C=C4)cc3c3cc(-c4ccccc4)ccc32)c(-n2c3ccc(-c4ccccc4)cc3c3cc(-c4ccccc4)ccc32)c(C#N)c(-n2c3ccc(-c4ccccc4)cc3c3cc(-c4ccccc4)ccc32)c1-n1c2ccc(-c3ccccc3)cc2c2cc(-c3ccccc3)ccc21. The summed E-state index contributed by atoms with van der Waals surface area (Å²) in [6.07, 6.45) is 7.15. The molecule has 0 bridgehead atoms. The van der Waals surface area contributed by atoms with E-state index in [4.69, 9.17) is 0 Å². The largest absolute Gasteiger partial charge is 0.306 e. The average Bonchev–Trinajstić information content (AvgIpc) is 1.48. The van der Waals surface area contributed by atoms with Crippen molar-refractivity contribution in [2.75, 3.05) is 0 Å². The Morgan fingerprint density at radius 1 is 0.218 bits per heavy atom. The third kappa shape index (κ3) is 10.2. The summed E-state index contributed by atoms with van der Waals surface area (Å²) in [6.45, 7) is 0. The van der Waals surface area contributed by atoms with E-state index in [1.807, 2.05) is 0 Å². The second kappa shape index (κ2) is 25.9. The number of fused-ring (bicyclic) bond motifs is 12. The Morgan fingerprint density at radius 2 is 0.409 bits per heavy atom. The van der Waals surface area contributed by atoms with Crippen LogP contribution in [0, 0.1) is 22.7 Å². The maximum absolute atomic E-state index is 13.7. The standard InChI is InChI=1S/C104H64N6/c105-65-91-101(107-93-49-41-75(67-25-9-1-10-26-67)57-83(93)84-58-76(42-50-94(84)107)68-27-11-2-12-28-68)102(108-95-51-43-77(69-29-13-3-14-30-69)59-85(95)86-60-78(44-52-96(86)108)70-31-15-4-16-32-70)92(66-106)104(110-99-55-47-81(73-37-21-7-22-38-73)63-89(99)90-64-82(48-56-100(90)110)74-39-23-8-24-40-74)103(91)109-97-53-45-79(71-33-17-5-18-34-71)61-87(97)88-62-80(46-54-98(88)109)72-35-19-6-20-36-72/h1-22,25-64H,23H2. The average molecular weight is 1400 g/mol. The highest BCUT2D eigenvalue weighted by Crippen LogP contribution is 2.51. The van der Waals surface area contributed by atoms with Gasteiger partial charge in [-0.1, -0.05) is 267 Å². The fourth-order valence-electron chi connectivity index (χ4n) is 17.4. The van der Waals surface area contributed by atoms with Crippen molar-refractivity contribution < 1.29 is 0 Å². The zero-order valence-electron chi connectivity index (χ0n) is 59.7. The number of rotatable bonds is 12. The molecule has 6 nitrogen and oxygen atoms in total. The first-order valence-electron chi connectivity index (χ1n) is 37.4. The minimum absolute atomic E-state index is 0.360. The van der Waals surface area contributed by atoms with Crippen molar-refractivity contribution >= 4 is 92.8 Å². The Hall–Kier alpha value is -15.0. The summed E-state index contributed by atoms with van der Waals surface area (Å²) in [7, 11) is 0. The molecule has 4 aromatic heterocycles. The van der Waals surface area contributed by atoms with Gasteiger partial charge in [0.1, 0.15) is 23.3 Å². The number of aromatic nitrogens is 4. The summed E-state index contributed by atoms with van der Waals surface area (Å²) in [5.41, 5.74) is 30.3. The minimum atomic E-state index is 0.360. The number of allylic oxidation sites excluding steroid dienone is 3. The van der Waals surface area contributed by atoms with Crippen molar-refractivity contribution in [3.63, 3.8) is 0 Å². The molecule has 0 unspecified atom stereocenters. The van der Waals surface area contributed by atoms with Crippen molar-refractivity contribution in [1.29, 1.82) is 10.5 Å². The summed E-state index contributed by atoms with van der Waals surface area (Å²) in [4.78, 5) is 0. The van der Waals surface area contributed by atoms with E-state index in [-0.39, 0.29) is 0 Å². The second-order valence-electron chi connectivity index (χ2n) is 28.5. The molecular formula is C104H64N6. The fourth-order valence-corrected chi connectivity index (χ4v) is 17.4. The first-order valence-corrected chi connectivity index (χ1v) is 37.4. The Balaban J connectivity index is 1.00. The normalized spacial score (nSPS) is 12.1. The third-order valence-corrected chi connectivity index (χ3v) is 22.5. The van der Waals surface area contributed by atoms with Crippen LogP contribution in [0.4, 0.5) is 0 Å². The fraction of sp³-hybridized carbons (Fsp3) is 0.00962. The molecule has 0 aliphatic heterocycles. The molecule has 510 valence electrons. The number of hydrogen-bond donors (Lipinski definition) is 0. The molecule has 0 saturated heterocycles. The van der Waals surface area contributed by atoms with Crippen LogP contribution >= 0.6 is 0 Å². The van der Waals surface area contributed by atoms with Gasteiger partial charge in [0.2, 0.25) is 0 Å².